The summed E-state index contributed by atoms with van der Waals surface area (Å²) in [5, 5.41) is 6.91. The van der Waals surface area contributed by atoms with Gasteiger partial charge in [0.25, 0.3) is 0 Å². The molecule has 0 bridgehead atoms. The van der Waals surface area contributed by atoms with Gasteiger partial charge in [-0.1, -0.05) is 12.5 Å². The monoisotopic (exact) mass is 363 g/mol. The van der Waals surface area contributed by atoms with E-state index in [1.165, 1.54) is 25.3 Å². The van der Waals surface area contributed by atoms with Crippen LogP contribution >= 0.6 is 0 Å². The van der Waals surface area contributed by atoms with Crippen LogP contribution in [0.15, 0.2) is 23.2 Å². The van der Waals surface area contributed by atoms with Crippen LogP contribution in [0.4, 0.5) is 4.39 Å². The quantitative estimate of drug-likeness (QED) is 0.578. The van der Waals surface area contributed by atoms with E-state index in [2.05, 4.69) is 22.5 Å². The zero-order chi connectivity index (χ0) is 18.6. The summed E-state index contributed by atoms with van der Waals surface area (Å²) in [5.74, 6) is 0.551. The topological polar surface area (TPSA) is 54.9 Å². The number of hydrogen-bond donors (Lipinski definition) is 2. The maximum atomic E-state index is 13.7. The SMILES string of the molecule is CCOC1CC(NC(=NC)NCc2ccc(F)c(COC)c2)C12CCC2. The number of aliphatic imine (C=N–C) groups is 1. The fourth-order valence-electron chi connectivity index (χ4n) is 4.19. The van der Waals surface area contributed by atoms with Gasteiger partial charge < -0.3 is 20.1 Å². The number of nitrogens with zero attached hydrogens (tertiary/aromatic N) is 1. The standard InChI is InChI=1S/C20H30FN3O2/c1-4-26-18-11-17(20(18)8-5-9-20)24-19(22-2)23-12-14-6-7-16(21)15(10-14)13-25-3/h6-7,10,17-18H,4-5,8-9,11-13H2,1-3H3,(H2,22,23,24). The average molecular weight is 363 g/mol. The first-order valence-electron chi connectivity index (χ1n) is 9.48. The first kappa shape index (κ1) is 19.1. The van der Waals surface area contributed by atoms with Gasteiger partial charge in [-0.15, -0.1) is 0 Å². The molecule has 2 atom stereocenters. The number of benzene rings is 1. The maximum absolute atomic E-state index is 13.7. The third kappa shape index (κ3) is 3.71. The molecule has 144 valence electrons. The molecule has 2 aliphatic carbocycles. The number of rotatable bonds is 7. The van der Waals surface area contributed by atoms with Gasteiger partial charge >= 0.3 is 0 Å². The van der Waals surface area contributed by atoms with Crippen molar-refractivity contribution in [1.29, 1.82) is 0 Å². The molecule has 2 aliphatic rings. The molecule has 1 spiro atoms. The summed E-state index contributed by atoms with van der Waals surface area (Å²) in [6, 6.07) is 5.53. The highest BCUT2D eigenvalue weighted by atomic mass is 19.1. The number of nitrogens with one attached hydrogen (secondary N) is 2. The Morgan fingerprint density at radius 3 is 2.81 bits per heavy atom. The first-order valence-corrected chi connectivity index (χ1v) is 9.48. The molecule has 1 aromatic carbocycles. The minimum absolute atomic E-state index is 0.235. The number of hydrogen-bond acceptors (Lipinski definition) is 3. The van der Waals surface area contributed by atoms with E-state index >= 15 is 0 Å². The van der Waals surface area contributed by atoms with Gasteiger partial charge in [0.1, 0.15) is 5.82 Å². The Kier molecular flexibility index (Phi) is 6.14. The molecular formula is C20H30FN3O2. The van der Waals surface area contributed by atoms with Gasteiger partial charge in [-0.3, -0.25) is 4.99 Å². The third-order valence-electron chi connectivity index (χ3n) is 5.84. The molecule has 5 nitrogen and oxygen atoms in total. The second-order valence-electron chi connectivity index (χ2n) is 7.25. The lowest BCUT2D eigenvalue weighted by Crippen LogP contribution is -2.68. The maximum Gasteiger partial charge on any atom is 0.191 e. The molecule has 2 unspecified atom stereocenters. The predicted octanol–water partition coefficient (Wildman–Crippen LogP) is 2.98. The zero-order valence-electron chi connectivity index (χ0n) is 16.0. The summed E-state index contributed by atoms with van der Waals surface area (Å²) in [7, 11) is 3.35. The Hall–Kier alpha value is -1.66. The van der Waals surface area contributed by atoms with Crippen LogP contribution in [0.25, 0.3) is 0 Å². The Balaban J connectivity index is 1.55. The molecule has 0 aromatic heterocycles. The van der Waals surface area contributed by atoms with Crippen LogP contribution in [0, 0.1) is 11.2 Å². The van der Waals surface area contributed by atoms with E-state index in [1.54, 1.807) is 20.2 Å². The fourth-order valence-corrected chi connectivity index (χ4v) is 4.19. The highest BCUT2D eigenvalue weighted by Gasteiger charge is 2.59. The lowest BCUT2D eigenvalue weighted by atomic mass is 9.51. The second-order valence-corrected chi connectivity index (χ2v) is 7.25. The smallest absolute Gasteiger partial charge is 0.191 e. The van der Waals surface area contributed by atoms with Crippen molar-refractivity contribution < 1.29 is 13.9 Å². The minimum atomic E-state index is -0.235. The molecule has 2 N–H and O–H groups in total. The Bertz CT molecular complexity index is 646. The van der Waals surface area contributed by atoms with Crippen LogP contribution in [0.3, 0.4) is 0 Å². The summed E-state index contributed by atoms with van der Waals surface area (Å²) in [6.07, 6.45) is 5.15. The number of methoxy groups -OCH3 is 1. The number of ether oxygens (including phenoxy) is 2. The van der Waals surface area contributed by atoms with Crippen molar-refractivity contribution in [2.24, 2.45) is 10.4 Å². The van der Waals surface area contributed by atoms with Gasteiger partial charge in [-0.2, -0.15) is 0 Å². The summed E-state index contributed by atoms with van der Waals surface area (Å²) in [5.41, 5.74) is 1.86. The summed E-state index contributed by atoms with van der Waals surface area (Å²) < 4.78 is 24.7. The van der Waals surface area contributed by atoms with Crippen LogP contribution < -0.4 is 10.6 Å². The molecule has 1 aromatic rings. The molecule has 3 rings (SSSR count). The highest BCUT2D eigenvalue weighted by molar-refractivity contribution is 5.80. The van der Waals surface area contributed by atoms with Crippen LogP contribution in [0.5, 0.6) is 0 Å². The summed E-state index contributed by atoms with van der Waals surface area (Å²) in [6.45, 7) is 3.70. The Morgan fingerprint density at radius 1 is 1.38 bits per heavy atom. The van der Waals surface area contributed by atoms with Crippen LogP contribution in [0.1, 0.15) is 43.7 Å². The van der Waals surface area contributed by atoms with Crippen molar-refractivity contribution in [2.75, 3.05) is 20.8 Å². The van der Waals surface area contributed by atoms with Gasteiger partial charge in [-0.05, 0) is 43.9 Å². The van der Waals surface area contributed by atoms with E-state index in [9.17, 15) is 4.39 Å². The molecule has 0 radical (unpaired) electrons. The second kappa shape index (κ2) is 8.35. The first-order chi connectivity index (χ1) is 12.6. The van der Waals surface area contributed by atoms with Crippen LogP contribution in [0.2, 0.25) is 0 Å². The van der Waals surface area contributed by atoms with Gasteiger partial charge in [0.15, 0.2) is 5.96 Å². The van der Waals surface area contributed by atoms with Crippen molar-refractivity contribution in [3.8, 4) is 0 Å². The van der Waals surface area contributed by atoms with Crippen molar-refractivity contribution in [3.05, 3.63) is 35.1 Å². The van der Waals surface area contributed by atoms with E-state index in [4.69, 9.17) is 9.47 Å². The number of guanidine groups is 1. The molecular weight excluding hydrogens is 333 g/mol. The molecule has 2 saturated carbocycles. The van der Waals surface area contributed by atoms with Gasteiger partial charge in [0.05, 0.1) is 12.7 Å². The van der Waals surface area contributed by atoms with Crippen LogP contribution in [-0.2, 0) is 22.6 Å². The fraction of sp³-hybridized carbons (Fsp3) is 0.650. The zero-order valence-corrected chi connectivity index (χ0v) is 16.0. The molecule has 0 heterocycles. The average Bonchev–Trinajstić information content (AvgIpc) is 2.58. The summed E-state index contributed by atoms with van der Waals surface area (Å²) in [4.78, 5) is 4.35. The van der Waals surface area contributed by atoms with Gasteiger partial charge in [0, 0.05) is 44.3 Å². The molecule has 0 amide bonds. The van der Waals surface area contributed by atoms with Crippen molar-refractivity contribution in [1.82, 2.24) is 10.6 Å². The van der Waals surface area contributed by atoms with E-state index in [-0.39, 0.29) is 17.8 Å². The van der Waals surface area contributed by atoms with Crippen molar-refractivity contribution in [3.63, 3.8) is 0 Å². The minimum Gasteiger partial charge on any atom is -0.380 e. The Labute approximate surface area is 155 Å². The van der Waals surface area contributed by atoms with Gasteiger partial charge in [-0.25, -0.2) is 4.39 Å². The molecule has 6 heteroatoms. The molecule has 0 saturated heterocycles. The van der Waals surface area contributed by atoms with E-state index < -0.39 is 0 Å². The van der Waals surface area contributed by atoms with Crippen LogP contribution in [-0.4, -0.2) is 38.9 Å². The third-order valence-corrected chi connectivity index (χ3v) is 5.84. The predicted molar refractivity (Wildman–Crippen MR) is 101 cm³/mol. The lowest BCUT2D eigenvalue weighted by Gasteiger charge is -2.61. The van der Waals surface area contributed by atoms with E-state index in [0.29, 0.717) is 24.3 Å². The molecule has 26 heavy (non-hydrogen) atoms. The summed E-state index contributed by atoms with van der Waals surface area (Å²) >= 11 is 0. The Morgan fingerprint density at radius 2 is 2.19 bits per heavy atom. The van der Waals surface area contributed by atoms with E-state index in [0.717, 1.165) is 24.6 Å². The molecule has 0 aliphatic heterocycles. The van der Waals surface area contributed by atoms with Crippen molar-refractivity contribution >= 4 is 5.96 Å². The van der Waals surface area contributed by atoms with E-state index in [1.807, 2.05) is 6.07 Å². The number of halogens is 1. The largest absolute Gasteiger partial charge is 0.380 e. The normalized spacial score (nSPS) is 24.1. The lowest BCUT2D eigenvalue weighted by molar-refractivity contribution is -0.168. The van der Waals surface area contributed by atoms with Gasteiger partial charge in [0.2, 0.25) is 0 Å². The highest BCUT2D eigenvalue weighted by Crippen LogP contribution is 2.57. The van der Waals surface area contributed by atoms with Crippen molar-refractivity contribution in [2.45, 2.75) is 57.9 Å². The molecule has 2 fully saturated rings.